The van der Waals surface area contributed by atoms with Crippen LogP contribution >= 0.6 is 0 Å². The Kier molecular flexibility index (Phi) is 3.94. The zero-order chi connectivity index (χ0) is 15.0. The molecular weight excluding hydrogens is 290 g/mol. The fourth-order valence-corrected chi connectivity index (χ4v) is 4.91. The predicted molar refractivity (Wildman–Crippen MR) is 80.2 cm³/mol. The number of nitrogens with two attached hydrogens (primary N) is 1. The Balaban J connectivity index is 1.69. The van der Waals surface area contributed by atoms with Gasteiger partial charge in [0.15, 0.2) is 5.82 Å². The van der Waals surface area contributed by atoms with Crippen molar-refractivity contribution in [3.63, 3.8) is 0 Å². The highest BCUT2D eigenvalue weighted by Gasteiger charge is 2.33. The fraction of sp³-hybridized carbons (Fsp3) is 0.769. The maximum absolute atomic E-state index is 12.6. The standard InChI is InChI=1S/C13H23N5O2S/c1-16-10-12(13(14)15-16)21(19,20)18-8-6-17(7-9-18)11-4-2-3-5-11/h10-11H,2-9H2,1H3,(H2,14,15). The number of aryl methyl sites for hydroxylation is 1. The first kappa shape index (κ1) is 14.8. The van der Waals surface area contributed by atoms with Crippen molar-refractivity contribution in [2.24, 2.45) is 7.05 Å². The molecule has 1 saturated heterocycles. The molecule has 2 aliphatic rings. The number of hydrogen-bond donors (Lipinski definition) is 1. The number of piperazine rings is 1. The molecule has 2 fully saturated rings. The van der Waals surface area contributed by atoms with Gasteiger partial charge in [0, 0.05) is 45.5 Å². The van der Waals surface area contributed by atoms with Crippen LogP contribution in [0.2, 0.25) is 0 Å². The van der Waals surface area contributed by atoms with E-state index in [1.807, 2.05) is 0 Å². The molecule has 7 nitrogen and oxygen atoms in total. The second-order valence-electron chi connectivity index (χ2n) is 5.93. The van der Waals surface area contributed by atoms with E-state index in [0.717, 1.165) is 13.1 Å². The Morgan fingerprint density at radius 1 is 1.19 bits per heavy atom. The lowest BCUT2D eigenvalue weighted by Crippen LogP contribution is -2.51. The molecule has 0 radical (unpaired) electrons. The third-order valence-electron chi connectivity index (χ3n) is 4.55. The van der Waals surface area contributed by atoms with E-state index in [1.54, 1.807) is 7.05 Å². The largest absolute Gasteiger partial charge is 0.381 e. The molecule has 1 aliphatic heterocycles. The molecule has 21 heavy (non-hydrogen) atoms. The molecule has 1 aliphatic carbocycles. The molecule has 1 saturated carbocycles. The summed E-state index contributed by atoms with van der Waals surface area (Å²) in [6.45, 7) is 2.69. The van der Waals surface area contributed by atoms with Gasteiger partial charge in [-0.1, -0.05) is 12.8 Å². The Labute approximate surface area is 125 Å². The number of nitrogens with zero attached hydrogens (tertiary/aromatic N) is 4. The first-order valence-corrected chi connectivity index (χ1v) is 8.96. The second-order valence-corrected chi connectivity index (χ2v) is 7.84. The number of hydrogen-bond acceptors (Lipinski definition) is 5. The van der Waals surface area contributed by atoms with Gasteiger partial charge < -0.3 is 5.73 Å². The molecule has 8 heteroatoms. The molecule has 2 N–H and O–H groups in total. The van der Waals surface area contributed by atoms with E-state index < -0.39 is 10.0 Å². The maximum Gasteiger partial charge on any atom is 0.248 e. The van der Waals surface area contributed by atoms with Crippen LogP contribution in [0.5, 0.6) is 0 Å². The number of rotatable bonds is 3. The topological polar surface area (TPSA) is 84.5 Å². The van der Waals surface area contributed by atoms with Gasteiger partial charge in [0.25, 0.3) is 0 Å². The Morgan fingerprint density at radius 3 is 2.33 bits per heavy atom. The normalized spacial score (nSPS) is 22.9. The average Bonchev–Trinajstić information content (AvgIpc) is 3.09. The highest BCUT2D eigenvalue weighted by atomic mass is 32.2. The average molecular weight is 313 g/mol. The zero-order valence-electron chi connectivity index (χ0n) is 12.4. The van der Waals surface area contributed by atoms with Gasteiger partial charge in [0.2, 0.25) is 10.0 Å². The highest BCUT2D eigenvalue weighted by Crippen LogP contribution is 2.26. The molecule has 3 rings (SSSR count). The minimum atomic E-state index is -3.52. The zero-order valence-corrected chi connectivity index (χ0v) is 13.2. The molecule has 118 valence electrons. The number of anilines is 1. The van der Waals surface area contributed by atoms with Gasteiger partial charge in [0.05, 0.1) is 0 Å². The summed E-state index contributed by atoms with van der Waals surface area (Å²) in [5.74, 6) is 0.0794. The van der Waals surface area contributed by atoms with Crippen molar-refractivity contribution in [1.29, 1.82) is 0 Å². The predicted octanol–water partition coefficient (Wildman–Crippen LogP) is 0.251. The molecule has 1 aromatic heterocycles. The minimum absolute atomic E-state index is 0.0794. The van der Waals surface area contributed by atoms with Crippen molar-refractivity contribution >= 4 is 15.8 Å². The third kappa shape index (κ3) is 2.79. The summed E-state index contributed by atoms with van der Waals surface area (Å²) in [6.07, 6.45) is 6.59. The monoisotopic (exact) mass is 313 g/mol. The lowest BCUT2D eigenvalue weighted by molar-refractivity contribution is 0.139. The Bertz CT molecular complexity index is 598. The molecule has 2 heterocycles. The van der Waals surface area contributed by atoms with Crippen LogP contribution < -0.4 is 5.73 Å². The highest BCUT2D eigenvalue weighted by molar-refractivity contribution is 7.89. The van der Waals surface area contributed by atoms with Gasteiger partial charge in [-0.15, -0.1) is 0 Å². The third-order valence-corrected chi connectivity index (χ3v) is 6.47. The van der Waals surface area contributed by atoms with Crippen molar-refractivity contribution in [3.8, 4) is 0 Å². The molecule has 0 aromatic carbocycles. The first-order valence-electron chi connectivity index (χ1n) is 7.52. The molecular formula is C13H23N5O2S. The summed E-state index contributed by atoms with van der Waals surface area (Å²) in [6, 6.07) is 0.651. The van der Waals surface area contributed by atoms with Gasteiger partial charge in [-0.05, 0) is 12.8 Å². The van der Waals surface area contributed by atoms with Crippen molar-refractivity contribution in [1.82, 2.24) is 19.0 Å². The summed E-state index contributed by atoms with van der Waals surface area (Å²) >= 11 is 0. The number of nitrogen functional groups attached to an aromatic ring is 1. The Morgan fingerprint density at radius 2 is 1.81 bits per heavy atom. The van der Waals surface area contributed by atoms with Crippen LogP contribution in [-0.4, -0.2) is 59.6 Å². The van der Waals surface area contributed by atoms with Crippen molar-refractivity contribution in [3.05, 3.63) is 6.20 Å². The summed E-state index contributed by atoms with van der Waals surface area (Å²) in [5.41, 5.74) is 5.71. The molecule has 0 atom stereocenters. The van der Waals surface area contributed by atoms with E-state index in [2.05, 4.69) is 10.00 Å². The van der Waals surface area contributed by atoms with Gasteiger partial charge in [-0.2, -0.15) is 9.40 Å². The van der Waals surface area contributed by atoms with E-state index in [9.17, 15) is 8.42 Å². The summed E-state index contributed by atoms with van der Waals surface area (Å²) in [7, 11) is -1.85. The van der Waals surface area contributed by atoms with Crippen molar-refractivity contribution < 1.29 is 8.42 Å². The van der Waals surface area contributed by atoms with Gasteiger partial charge >= 0.3 is 0 Å². The summed E-state index contributed by atoms with van der Waals surface area (Å²) in [4.78, 5) is 2.56. The van der Waals surface area contributed by atoms with Crippen LogP contribution in [0.3, 0.4) is 0 Å². The van der Waals surface area contributed by atoms with Crippen LogP contribution in [-0.2, 0) is 17.1 Å². The van der Waals surface area contributed by atoms with Crippen LogP contribution in [0, 0.1) is 0 Å². The van der Waals surface area contributed by atoms with E-state index in [0.29, 0.717) is 19.1 Å². The van der Waals surface area contributed by atoms with Crippen LogP contribution in [0.1, 0.15) is 25.7 Å². The maximum atomic E-state index is 12.6. The van der Waals surface area contributed by atoms with Crippen LogP contribution in [0.15, 0.2) is 11.1 Å². The quantitative estimate of drug-likeness (QED) is 0.865. The fourth-order valence-electron chi connectivity index (χ4n) is 3.40. The number of aromatic nitrogens is 2. The second kappa shape index (κ2) is 5.58. The molecule has 1 aromatic rings. The van der Waals surface area contributed by atoms with E-state index >= 15 is 0 Å². The molecule has 0 spiro atoms. The van der Waals surface area contributed by atoms with E-state index in [1.165, 1.54) is 40.9 Å². The van der Waals surface area contributed by atoms with Gasteiger partial charge in [0.1, 0.15) is 4.90 Å². The smallest absolute Gasteiger partial charge is 0.248 e. The number of sulfonamides is 1. The van der Waals surface area contributed by atoms with Crippen molar-refractivity contribution in [2.45, 2.75) is 36.6 Å². The first-order chi connectivity index (χ1) is 9.98. The van der Waals surface area contributed by atoms with E-state index in [-0.39, 0.29) is 10.7 Å². The van der Waals surface area contributed by atoms with Crippen LogP contribution in [0.4, 0.5) is 5.82 Å². The lowest BCUT2D eigenvalue weighted by Gasteiger charge is -2.37. The lowest BCUT2D eigenvalue weighted by atomic mass is 10.2. The molecule has 0 bridgehead atoms. The van der Waals surface area contributed by atoms with Crippen molar-refractivity contribution in [2.75, 3.05) is 31.9 Å². The van der Waals surface area contributed by atoms with Gasteiger partial charge in [-0.25, -0.2) is 8.42 Å². The summed E-state index contributed by atoms with van der Waals surface area (Å²) in [5, 5.41) is 3.93. The molecule has 0 amide bonds. The van der Waals surface area contributed by atoms with Crippen LogP contribution in [0.25, 0.3) is 0 Å². The SMILES string of the molecule is Cn1cc(S(=O)(=O)N2CCN(C3CCCC3)CC2)c(N)n1. The van der Waals surface area contributed by atoms with E-state index in [4.69, 9.17) is 5.73 Å². The molecule has 0 unspecified atom stereocenters. The Hall–Kier alpha value is -1.12. The van der Waals surface area contributed by atoms with Gasteiger partial charge in [-0.3, -0.25) is 9.58 Å². The summed E-state index contributed by atoms with van der Waals surface area (Å²) < 4.78 is 28.2. The minimum Gasteiger partial charge on any atom is -0.381 e.